The normalized spacial score (nSPS) is 13.0. The van der Waals surface area contributed by atoms with E-state index >= 15 is 0 Å². The molecule has 3 aromatic rings. The first kappa shape index (κ1) is 27.9. The lowest BCUT2D eigenvalue weighted by atomic mass is 10.0. The number of amides is 2. The maximum atomic E-state index is 14.7. The zero-order chi connectivity index (χ0) is 28.0. The molecule has 0 spiro atoms. The van der Waals surface area contributed by atoms with Crippen LogP contribution in [0.2, 0.25) is 0 Å². The van der Waals surface area contributed by atoms with E-state index < -0.39 is 40.2 Å². The number of ether oxygens (including phenoxy) is 2. The molecule has 0 saturated carbocycles. The highest BCUT2D eigenvalue weighted by Gasteiger charge is 2.34. The van der Waals surface area contributed by atoms with Gasteiger partial charge in [-0.15, -0.1) is 0 Å². The van der Waals surface area contributed by atoms with Gasteiger partial charge in [0.2, 0.25) is 28.6 Å². The molecule has 1 unspecified atom stereocenters. The summed E-state index contributed by atoms with van der Waals surface area (Å²) in [4.78, 5) is 28.3. The van der Waals surface area contributed by atoms with E-state index in [1.165, 1.54) is 49.2 Å². The Morgan fingerprint density at radius 3 is 2.38 bits per heavy atom. The molecular weight excluding hydrogens is 525 g/mol. The molecule has 1 aliphatic rings. The first-order chi connectivity index (χ1) is 18.7. The van der Waals surface area contributed by atoms with Gasteiger partial charge in [0.1, 0.15) is 18.4 Å². The molecule has 0 fully saturated rings. The van der Waals surface area contributed by atoms with Crippen molar-refractivity contribution in [3.63, 3.8) is 0 Å². The number of carbonyl (C=O) groups is 2. The number of benzene rings is 3. The Balaban J connectivity index is 1.73. The molecule has 0 bridgehead atoms. The van der Waals surface area contributed by atoms with Crippen LogP contribution in [0.15, 0.2) is 72.8 Å². The third kappa shape index (κ3) is 6.48. The predicted octanol–water partition coefficient (Wildman–Crippen LogP) is 3.10. The molecule has 1 heterocycles. The van der Waals surface area contributed by atoms with Crippen LogP contribution in [0.4, 0.5) is 10.1 Å². The lowest BCUT2D eigenvalue weighted by Crippen LogP contribution is -2.53. The number of rotatable bonds is 11. The Hall–Kier alpha value is -4.12. The zero-order valence-electron chi connectivity index (χ0n) is 21.7. The van der Waals surface area contributed by atoms with Crippen molar-refractivity contribution in [1.29, 1.82) is 0 Å². The number of hydrogen-bond acceptors (Lipinski definition) is 6. The van der Waals surface area contributed by atoms with E-state index in [1.807, 2.05) is 30.3 Å². The maximum absolute atomic E-state index is 14.7. The van der Waals surface area contributed by atoms with Gasteiger partial charge in [-0.1, -0.05) is 48.5 Å². The van der Waals surface area contributed by atoms with Crippen molar-refractivity contribution in [2.24, 2.45) is 0 Å². The molecule has 3 aromatic carbocycles. The number of sulfonamides is 1. The van der Waals surface area contributed by atoms with Crippen LogP contribution in [0.5, 0.6) is 11.5 Å². The number of nitrogens with zero attached hydrogens (tertiary/aromatic N) is 2. The minimum absolute atomic E-state index is 0.00194. The first-order valence-corrected chi connectivity index (χ1v) is 14.0. The number of halogens is 1. The van der Waals surface area contributed by atoms with Gasteiger partial charge in [-0.2, -0.15) is 0 Å². The van der Waals surface area contributed by atoms with Gasteiger partial charge in [0.15, 0.2) is 11.5 Å². The number of nitrogens with one attached hydrogen (secondary N) is 1. The Morgan fingerprint density at radius 1 is 1.00 bits per heavy atom. The van der Waals surface area contributed by atoms with Crippen LogP contribution in [-0.4, -0.2) is 57.3 Å². The molecular formula is C28H30FN3O6S. The Labute approximate surface area is 227 Å². The molecule has 0 aromatic heterocycles. The monoisotopic (exact) mass is 555 g/mol. The van der Waals surface area contributed by atoms with Crippen LogP contribution in [0.25, 0.3) is 0 Å². The molecule has 39 heavy (non-hydrogen) atoms. The van der Waals surface area contributed by atoms with E-state index in [2.05, 4.69) is 5.32 Å². The molecule has 1 atom stereocenters. The Kier molecular flexibility index (Phi) is 8.70. The summed E-state index contributed by atoms with van der Waals surface area (Å²) in [6.07, 6.45) is 0.144. The average Bonchev–Trinajstić information content (AvgIpc) is 3.42. The smallest absolute Gasteiger partial charge is 0.244 e. The van der Waals surface area contributed by atoms with Gasteiger partial charge in [0, 0.05) is 31.6 Å². The molecule has 1 aliphatic heterocycles. The summed E-state index contributed by atoms with van der Waals surface area (Å²) in [5.74, 6) is -1.13. The van der Waals surface area contributed by atoms with E-state index in [9.17, 15) is 22.4 Å². The summed E-state index contributed by atoms with van der Waals surface area (Å²) < 4.78 is 52.7. The summed E-state index contributed by atoms with van der Waals surface area (Å²) >= 11 is 0. The highest BCUT2D eigenvalue weighted by Crippen LogP contribution is 2.36. The Morgan fingerprint density at radius 2 is 1.69 bits per heavy atom. The number of anilines is 1. The van der Waals surface area contributed by atoms with Gasteiger partial charge in [-0.3, -0.25) is 13.9 Å². The van der Waals surface area contributed by atoms with Gasteiger partial charge in [0.25, 0.3) is 0 Å². The van der Waals surface area contributed by atoms with Crippen LogP contribution in [0.3, 0.4) is 0 Å². The minimum Gasteiger partial charge on any atom is -0.454 e. The molecule has 2 amide bonds. The highest BCUT2D eigenvalue weighted by atomic mass is 32.2. The second-order valence-corrected chi connectivity index (χ2v) is 11.1. The van der Waals surface area contributed by atoms with Crippen molar-refractivity contribution in [1.82, 2.24) is 10.2 Å². The van der Waals surface area contributed by atoms with E-state index in [0.29, 0.717) is 11.5 Å². The zero-order valence-corrected chi connectivity index (χ0v) is 22.5. The molecule has 0 aliphatic carbocycles. The van der Waals surface area contributed by atoms with Crippen molar-refractivity contribution < 1.29 is 31.9 Å². The molecule has 4 rings (SSSR count). The van der Waals surface area contributed by atoms with E-state index in [0.717, 1.165) is 9.87 Å². The van der Waals surface area contributed by atoms with Crippen LogP contribution >= 0.6 is 0 Å². The highest BCUT2D eigenvalue weighted by molar-refractivity contribution is 7.92. The molecule has 1 N–H and O–H groups in total. The van der Waals surface area contributed by atoms with E-state index in [-0.39, 0.29) is 36.8 Å². The molecule has 0 saturated heterocycles. The number of hydrogen-bond donors (Lipinski definition) is 1. The quantitative estimate of drug-likeness (QED) is 0.390. The van der Waals surface area contributed by atoms with Crippen molar-refractivity contribution in [3.8, 4) is 11.5 Å². The summed E-state index contributed by atoms with van der Waals surface area (Å²) in [6.45, 7) is 0.631. The second-order valence-electron chi connectivity index (χ2n) is 8.88. The van der Waals surface area contributed by atoms with Gasteiger partial charge in [-0.05, 0) is 30.7 Å². The number of carbonyl (C=O) groups excluding carboxylic acids is 2. The van der Waals surface area contributed by atoms with Crippen LogP contribution in [-0.2, 0) is 32.6 Å². The molecule has 11 heteroatoms. The van der Waals surface area contributed by atoms with E-state index in [1.54, 1.807) is 12.1 Å². The maximum Gasteiger partial charge on any atom is 0.244 e. The van der Waals surface area contributed by atoms with Crippen LogP contribution in [0, 0.1) is 5.82 Å². The fourth-order valence-electron chi connectivity index (χ4n) is 4.29. The summed E-state index contributed by atoms with van der Waals surface area (Å²) in [7, 11) is -2.48. The largest absolute Gasteiger partial charge is 0.454 e. The first-order valence-electron chi connectivity index (χ1n) is 12.4. The van der Waals surface area contributed by atoms with Gasteiger partial charge in [0.05, 0.1) is 11.4 Å². The number of fused-ring (bicyclic) bond motifs is 1. The summed E-state index contributed by atoms with van der Waals surface area (Å²) in [6, 6.07) is 18.6. The topological polar surface area (TPSA) is 105 Å². The third-order valence-electron chi connectivity index (χ3n) is 6.44. The molecule has 0 radical (unpaired) electrons. The van der Waals surface area contributed by atoms with Crippen molar-refractivity contribution >= 4 is 27.5 Å². The van der Waals surface area contributed by atoms with Crippen LogP contribution in [0.1, 0.15) is 18.1 Å². The lowest BCUT2D eigenvalue weighted by Gasteiger charge is -2.33. The van der Waals surface area contributed by atoms with Crippen molar-refractivity contribution in [3.05, 3.63) is 89.7 Å². The second kappa shape index (κ2) is 12.2. The molecule has 206 valence electrons. The molecule has 9 nitrogen and oxygen atoms in total. The minimum atomic E-state index is -3.94. The van der Waals surface area contributed by atoms with Crippen molar-refractivity contribution in [2.45, 2.75) is 25.9 Å². The third-order valence-corrected chi connectivity index (χ3v) is 8.18. The predicted molar refractivity (Wildman–Crippen MR) is 144 cm³/mol. The standard InChI is InChI=1S/C28H30FN3O6S/c1-3-39(35,36)32(22-13-14-25-26(16-22)38-19-37-25)18-27(33)31(17-21-11-7-8-12-23(21)29)24(28(34)30-2)15-20-9-5-4-6-10-20/h4-14,16,24H,3,15,17-19H2,1-2H3,(H,30,34). The van der Waals surface area contributed by atoms with Gasteiger partial charge in [-0.25, -0.2) is 12.8 Å². The Bertz CT molecular complexity index is 1430. The number of likely N-dealkylation sites (N-methyl/N-ethyl adjacent to an activating group) is 1. The fraction of sp³-hybridized carbons (Fsp3) is 0.286. The fourth-order valence-corrected chi connectivity index (χ4v) is 5.34. The summed E-state index contributed by atoms with van der Waals surface area (Å²) in [5.41, 5.74) is 1.19. The SMILES string of the molecule is CCS(=O)(=O)N(CC(=O)N(Cc1ccccc1F)C(Cc1ccccc1)C(=O)NC)c1ccc2c(c1)OCO2. The van der Waals surface area contributed by atoms with Crippen molar-refractivity contribution in [2.75, 3.05) is 30.4 Å². The van der Waals surface area contributed by atoms with Gasteiger partial charge < -0.3 is 19.7 Å². The van der Waals surface area contributed by atoms with E-state index in [4.69, 9.17) is 9.47 Å². The summed E-state index contributed by atoms with van der Waals surface area (Å²) in [5, 5.41) is 2.59. The average molecular weight is 556 g/mol. The van der Waals surface area contributed by atoms with Gasteiger partial charge >= 0.3 is 0 Å². The van der Waals surface area contributed by atoms with Crippen LogP contribution < -0.4 is 19.1 Å². The lowest BCUT2D eigenvalue weighted by molar-refractivity contribution is -0.139.